The zero-order valence-corrected chi connectivity index (χ0v) is 21.2. The molecule has 0 unspecified atom stereocenters. The third kappa shape index (κ3) is 7.27. The summed E-state index contributed by atoms with van der Waals surface area (Å²) in [5.74, 6) is -0.0199. The minimum absolute atomic E-state index is 0.0341. The Bertz CT molecular complexity index is 854. The Morgan fingerprint density at radius 1 is 1.09 bits per heavy atom. The van der Waals surface area contributed by atoms with Gasteiger partial charge in [0.2, 0.25) is 5.91 Å². The molecular formula is C26H40N4O4. The number of Topliss-reactive ketones (excluding diaryl/α,β-unsaturated/α-hetero) is 1. The summed E-state index contributed by atoms with van der Waals surface area (Å²) in [7, 11) is 0. The van der Waals surface area contributed by atoms with Gasteiger partial charge in [-0.3, -0.25) is 14.5 Å². The van der Waals surface area contributed by atoms with Crippen molar-refractivity contribution in [1.82, 2.24) is 20.4 Å². The van der Waals surface area contributed by atoms with Crippen molar-refractivity contribution >= 4 is 17.8 Å². The van der Waals surface area contributed by atoms with Gasteiger partial charge in [0, 0.05) is 31.1 Å². The van der Waals surface area contributed by atoms with Crippen LogP contribution in [-0.2, 0) is 20.9 Å². The summed E-state index contributed by atoms with van der Waals surface area (Å²) in [5.41, 5.74) is 0.924. The van der Waals surface area contributed by atoms with Crippen LogP contribution in [0.5, 0.6) is 0 Å². The molecule has 1 aliphatic heterocycles. The minimum atomic E-state index is -0.619. The summed E-state index contributed by atoms with van der Waals surface area (Å²) in [6.07, 6.45) is 2.87. The van der Waals surface area contributed by atoms with E-state index in [4.69, 9.17) is 4.74 Å². The second-order valence-corrected chi connectivity index (χ2v) is 10.6. The number of hydrogen-bond donors (Lipinski definition) is 2. The van der Waals surface area contributed by atoms with Gasteiger partial charge in [0.15, 0.2) is 5.78 Å². The van der Waals surface area contributed by atoms with Crippen molar-refractivity contribution in [3.63, 3.8) is 0 Å². The van der Waals surface area contributed by atoms with Crippen molar-refractivity contribution in [1.29, 1.82) is 0 Å². The number of amides is 2. The average Bonchev–Trinajstić information content (AvgIpc) is 3.12. The maximum atomic E-state index is 12.4. The third-order valence-electron chi connectivity index (χ3n) is 6.73. The minimum Gasteiger partial charge on any atom is -0.445 e. The van der Waals surface area contributed by atoms with Crippen molar-refractivity contribution in [2.24, 2.45) is 0 Å². The second kappa shape index (κ2) is 11.3. The van der Waals surface area contributed by atoms with E-state index in [0.717, 1.165) is 24.8 Å². The fourth-order valence-corrected chi connectivity index (χ4v) is 5.19. The van der Waals surface area contributed by atoms with Crippen LogP contribution in [0.1, 0.15) is 65.9 Å². The Morgan fingerprint density at radius 2 is 1.79 bits per heavy atom. The van der Waals surface area contributed by atoms with Gasteiger partial charge in [-0.05, 0) is 58.9 Å². The second-order valence-electron chi connectivity index (χ2n) is 10.6. The molecule has 2 aliphatic rings. The first kappa shape index (κ1) is 26.2. The Hall–Kier alpha value is -2.45. The molecule has 1 aliphatic carbocycles. The number of carbonyl (C=O) groups excluding carboxylic acids is 3. The first-order valence-electron chi connectivity index (χ1n) is 12.3. The quantitative estimate of drug-likeness (QED) is 0.604. The molecule has 0 bridgehead atoms. The molecule has 8 heteroatoms. The lowest BCUT2D eigenvalue weighted by atomic mass is 9.85. The highest BCUT2D eigenvalue weighted by atomic mass is 16.5. The largest absolute Gasteiger partial charge is 0.445 e. The lowest BCUT2D eigenvalue weighted by molar-refractivity contribution is -0.130. The zero-order valence-electron chi connectivity index (χ0n) is 21.2. The van der Waals surface area contributed by atoms with Gasteiger partial charge < -0.3 is 20.3 Å². The molecule has 1 heterocycles. The Balaban J connectivity index is 1.55. The highest BCUT2D eigenvalue weighted by Gasteiger charge is 2.45. The lowest BCUT2D eigenvalue weighted by Gasteiger charge is -2.39. The van der Waals surface area contributed by atoms with Crippen LogP contribution >= 0.6 is 0 Å². The van der Waals surface area contributed by atoms with Gasteiger partial charge in [0.05, 0.1) is 18.8 Å². The van der Waals surface area contributed by atoms with Gasteiger partial charge in [-0.15, -0.1) is 0 Å². The summed E-state index contributed by atoms with van der Waals surface area (Å²) in [5, 5.41) is 6.41. The molecule has 2 N–H and O–H groups in total. The lowest BCUT2D eigenvalue weighted by Crippen LogP contribution is -2.53. The molecule has 1 aromatic rings. The number of nitrogens with one attached hydrogen (secondary N) is 2. The number of nitrogens with zero attached hydrogens (tertiary/aromatic N) is 2. The first-order valence-corrected chi connectivity index (χ1v) is 12.3. The van der Waals surface area contributed by atoms with Crippen molar-refractivity contribution in [2.75, 3.05) is 13.2 Å². The van der Waals surface area contributed by atoms with E-state index >= 15 is 0 Å². The van der Waals surface area contributed by atoms with Crippen LogP contribution in [0.15, 0.2) is 30.3 Å². The summed E-state index contributed by atoms with van der Waals surface area (Å²) < 4.78 is 5.29. The molecule has 3 rings (SSSR count). The molecule has 4 atom stereocenters. The summed E-state index contributed by atoms with van der Waals surface area (Å²) in [4.78, 5) is 41.1. The molecule has 0 spiro atoms. The predicted octanol–water partition coefficient (Wildman–Crippen LogP) is 3.06. The van der Waals surface area contributed by atoms with Crippen LogP contribution in [0.4, 0.5) is 4.79 Å². The molecule has 8 nitrogen and oxygen atoms in total. The molecule has 1 saturated heterocycles. The summed E-state index contributed by atoms with van der Waals surface area (Å²) >= 11 is 0. The number of ketones is 1. The van der Waals surface area contributed by atoms with Gasteiger partial charge in [0.25, 0.3) is 0 Å². The Labute approximate surface area is 203 Å². The number of carbonyl (C=O) groups is 3. The number of benzene rings is 1. The molecule has 0 aromatic heterocycles. The molecule has 2 amide bonds. The van der Waals surface area contributed by atoms with Crippen LogP contribution in [0.3, 0.4) is 0 Å². The monoisotopic (exact) mass is 472 g/mol. The van der Waals surface area contributed by atoms with E-state index in [0.29, 0.717) is 25.7 Å². The number of fused-ring (bicyclic) bond motifs is 1. The van der Waals surface area contributed by atoms with E-state index in [-0.39, 0.29) is 35.9 Å². The van der Waals surface area contributed by atoms with E-state index in [1.54, 1.807) is 6.92 Å². The van der Waals surface area contributed by atoms with E-state index in [9.17, 15) is 14.4 Å². The van der Waals surface area contributed by atoms with Crippen molar-refractivity contribution in [3.05, 3.63) is 35.9 Å². The molecule has 0 radical (unpaired) electrons. The molecule has 188 valence electrons. The van der Waals surface area contributed by atoms with Crippen LogP contribution < -0.4 is 10.6 Å². The van der Waals surface area contributed by atoms with E-state index < -0.39 is 12.1 Å². The van der Waals surface area contributed by atoms with Crippen LogP contribution in [0.25, 0.3) is 0 Å². The van der Waals surface area contributed by atoms with E-state index in [1.165, 1.54) is 6.92 Å². The number of alkyl carbamates (subject to hydrolysis) is 1. The number of ether oxygens (including phenoxy) is 1. The SMILES string of the molecule is CC(=O)[C@H](CCN1CN(C(C)=O)[C@@H]2C[C@H](NC(C)(C)C)CC[C@@H]21)NC(=O)OCc1ccccc1. The van der Waals surface area contributed by atoms with E-state index in [2.05, 4.69) is 36.3 Å². The smallest absolute Gasteiger partial charge is 0.408 e. The van der Waals surface area contributed by atoms with Gasteiger partial charge in [0.1, 0.15) is 6.61 Å². The number of hydrogen-bond acceptors (Lipinski definition) is 6. The molecule has 1 aromatic carbocycles. The highest BCUT2D eigenvalue weighted by molar-refractivity contribution is 5.85. The Kier molecular flexibility index (Phi) is 8.71. The maximum Gasteiger partial charge on any atom is 0.408 e. The maximum absolute atomic E-state index is 12.4. The normalized spacial score (nSPS) is 23.8. The standard InChI is InChI=1S/C26H40N4O4/c1-18(31)22(27-25(33)34-16-20-9-7-6-8-10-20)13-14-29-17-30(19(2)32)24-15-21(11-12-23(24)29)28-26(3,4)5/h6-10,21-24,28H,11-17H2,1-5H3,(H,27,33)/t21-,22+,23+,24-/m1/s1. The van der Waals surface area contributed by atoms with Crippen LogP contribution in [0.2, 0.25) is 0 Å². The van der Waals surface area contributed by atoms with Gasteiger partial charge in [-0.25, -0.2) is 4.79 Å². The molecular weight excluding hydrogens is 432 g/mol. The Morgan fingerprint density at radius 3 is 2.41 bits per heavy atom. The van der Waals surface area contributed by atoms with E-state index in [1.807, 2.05) is 35.2 Å². The van der Waals surface area contributed by atoms with Crippen molar-refractivity contribution in [3.8, 4) is 0 Å². The van der Waals surface area contributed by atoms with Crippen molar-refractivity contribution in [2.45, 2.75) is 96.6 Å². The first-order chi connectivity index (χ1) is 16.0. The van der Waals surface area contributed by atoms with Gasteiger partial charge in [-0.1, -0.05) is 30.3 Å². The molecule has 1 saturated carbocycles. The fourth-order valence-electron chi connectivity index (χ4n) is 5.19. The fraction of sp³-hybridized carbons (Fsp3) is 0.654. The average molecular weight is 473 g/mol. The highest BCUT2D eigenvalue weighted by Crippen LogP contribution is 2.34. The number of rotatable bonds is 8. The predicted molar refractivity (Wildman–Crippen MR) is 131 cm³/mol. The van der Waals surface area contributed by atoms with Crippen LogP contribution in [0, 0.1) is 0 Å². The third-order valence-corrected chi connectivity index (χ3v) is 6.73. The summed E-state index contributed by atoms with van der Waals surface area (Å²) in [6.45, 7) is 11.0. The topological polar surface area (TPSA) is 91.0 Å². The van der Waals surface area contributed by atoms with Gasteiger partial charge in [-0.2, -0.15) is 0 Å². The summed E-state index contributed by atoms with van der Waals surface area (Å²) in [6, 6.07) is 9.65. The molecule has 2 fully saturated rings. The zero-order chi connectivity index (χ0) is 24.9. The molecule has 34 heavy (non-hydrogen) atoms. The van der Waals surface area contributed by atoms with Crippen LogP contribution in [-0.4, -0.2) is 70.5 Å². The van der Waals surface area contributed by atoms with Gasteiger partial charge >= 0.3 is 6.09 Å². The van der Waals surface area contributed by atoms with Crippen molar-refractivity contribution < 1.29 is 19.1 Å².